The number of halogens is 3. The van der Waals surface area contributed by atoms with E-state index in [1.807, 2.05) is 6.07 Å². The number of rotatable bonds is 16. The number of unbranched alkanes of at least 4 members (excludes halogenated alkanes) is 9. The molecule has 2 aromatic rings. The number of primary sulfonamides is 1. The molecule has 4 nitrogen and oxygen atoms in total. The maximum Gasteiger partial charge on any atom is 0.416 e. The number of thiophene rings is 1. The zero-order valence-corrected chi connectivity index (χ0v) is 21.6. The number of benzene rings is 1. The lowest BCUT2D eigenvalue weighted by atomic mass is 10.0. The molecule has 3 N–H and O–H groups in total. The van der Waals surface area contributed by atoms with Gasteiger partial charge in [-0.05, 0) is 42.2 Å². The SMILES string of the molecule is CCCCCCCCCCCCc1cc(CNCc2ccc(C(F)(F)F)cc2)sc1S(N)(=O)=O. The van der Waals surface area contributed by atoms with Crippen molar-refractivity contribution in [2.75, 3.05) is 0 Å². The topological polar surface area (TPSA) is 72.2 Å². The maximum atomic E-state index is 12.7. The molecule has 9 heteroatoms. The molecule has 0 bridgehead atoms. The summed E-state index contributed by atoms with van der Waals surface area (Å²) in [6.07, 6.45) is 8.48. The van der Waals surface area contributed by atoms with E-state index in [2.05, 4.69) is 12.2 Å². The first-order valence-corrected chi connectivity index (χ1v) is 14.5. The van der Waals surface area contributed by atoms with Crippen LogP contribution in [-0.2, 0) is 35.7 Å². The quantitative estimate of drug-likeness (QED) is 0.231. The van der Waals surface area contributed by atoms with Gasteiger partial charge in [0.1, 0.15) is 4.21 Å². The van der Waals surface area contributed by atoms with Gasteiger partial charge in [0.25, 0.3) is 0 Å². The van der Waals surface area contributed by atoms with Crippen LogP contribution in [0.5, 0.6) is 0 Å². The average molecular weight is 519 g/mol. The molecule has 0 aliphatic heterocycles. The van der Waals surface area contributed by atoms with Crippen molar-refractivity contribution in [2.45, 2.75) is 101 Å². The fourth-order valence-electron chi connectivity index (χ4n) is 3.91. The van der Waals surface area contributed by atoms with Crippen LogP contribution in [0.1, 0.15) is 92.7 Å². The number of hydrogen-bond acceptors (Lipinski definition) is 4. The molecular weight excluding hydrogens is 481 g/mol. The van der Waals surface area contributed by atoms with Crippen LogP contribution in [-0.4, -0.2) is 8.42 Å². The number of hydrogen-bond donors (Lipinski definition) is 2. The summed E-state index contributed by atoms with van der Waals surface area (Å²) in [7, 11) is -3.79. The van der Waals surface area contributed by atoms with E-state index in [1.54, 1.807) is 0 Å². The highest BCUT2D eigenvalue weighted by Crippen LogP contribution is 2.30. The first-order valence-electron chi connectivity index (χ1n) is 12.1. The van der Waals surface area contributed by atoms with Crippen molar-refractivity contribution in [3.63, 3.8) is 0 Å². The third-order valence-corrected chi connectivity index (χ3v) is 8.49. The molecule has 0 aliphatic carbocycles. The van der Waals surface area contributed by atoms with Crippen LogP contribution in [0, 0.1) is 0 Å². The normalized spacial score (nSPS) is 12.4. The molecule has 0 unspecified atom stereocenters. The molecule has 0 radical (unpaired) electrons. The van der Waals surface area contributed by atoms with Crippen LogP contribution >= 0.6 is 11.3 Å². The van der Waals surface area contributed by atoms with Crippen LogP contribution in [0.4, 0.5) is 13.2 Å². The molecule has 1 aromatic carbocycles. The van der Waals surface area contributed by atoms with Crippen LogP contribution in [0.25, 0.3) is 0 Å². The average Bonchev–Trinajstić information content (AvgIpc) is 3.18. The van der Waals surface area contributed by atoms with Crippen molar-refractivity contribution in [1.82, 2.24) is 5.32 Å². The largest absolute Gasteiger partial charge is 0.416 e. The minimum Gasteiger partial charge on any atom is -0.308 e. The first-order chi connectivity index (χ1) is 16.1. The molecule has 1 aromatic heterocycles. The Morgan fingerprint density at radius 1 is 0.882 bits per heavy atom. The summed E-state index contributed by atoms with van der Waals surface area (Å²) in [5.74, 6) is 0. The minimum absolute atomic E-state index is 0.217. The van der Waals surface area contributed by atoms with Crippen LogP contribution in [0.15, 0.2) is 34.5 Å². The highest BCUT2D eigenvalue weighted by atomic mass is 32.2. The molecule has 2 rings (SSSR count). The van der Waals surface area contributed by atoms with E-state index < -0.39 is 21.8 Å². The first kappa shape index (κ1) is 28.8. The molecule has 34 heavy (non-hydrogen) atoms. The Hall–Kier alpha value is -1.42. The van der Waals surface area contributed by atoms with E-state index in [0.717, 1.165) is 58.7 Å². The Labute approximate surface area is 206 Å². The zero-order valence-electron chi connectivity index (χ0n) is 19.9. The van der Waals surface area contributed by atoms with E-state index in [9.17, 15) is 21.6 Å². The summed E-state index contributed by atoms with van der Waals surface area (Å²) in [4.78, 5) is 0.845. The Balaban J connectivity index is 1.78. The minimum atomic E-state index is -4.35. The van der Waals surface area contributed by atoms with Gasteiger partial charge in [0.05, 0.1) is 5.56 Å². The van der Waals surface area contributed by atoms with Gasteiger partial charge in [0, 0.05) is 18.0 Å². The third kappa shape index (κ3) is 10.5. The number of aryl methyl sites for hydroxylation is 1. The molecule has 0 amide bonds. The van der Waals surface area contributed by atoms with Crippen molar-refractivity contribution in [1.29, 1.82) is 0 Å². The fraction of sp³-hybridized carbons (Fsp3) is 0.600. The number of sulfonamides is 1. The van der Waals surface area contributed by atoms with Crippen molar-refractivity contribution in [3.05, 3.63) is 51.9 Å². The Morgan fingerprint density at radius 2 is 1.44 bits per heavy atom. The van der Waals surface area contributed by atoms with E-state index in [0.29, 0.717) is 19.5 Å². The molecule has 0 fully saturated rings. The highest BCUT2D eigenvalue weighted by molar-refractivity contribution is 7.91. The summed E-state index contributed by atoms with van der Waals surface area (Å²) in [5.41, 5.74) is 0.809. The van der Waals surface area contributed by atoms with Crippen LogP contribution < -0.4 is 10.5 Å². The van der Waals surface area contributed by atoms with Crippen molar-refractivity contribution in [3.8, 4) is 0 Å². The van der Waals surface area contributed by atoms with Gasteiger partial charge >= 0.3 is 6.18 Å². The standard InChI is InChI=1S/C25H37F3N2O2S2/c1-2-3-4-5-6-7-8-9-10-11-12-21-17-23(33-24(21)34(29,31)32)19-30-18-20-13-15-22(16-14-20)25(26,27)28/h13-17,30H,2-12,18-19H2,1H3,(H2,29,31,32). The van der Waals surface area contributed by atoms with Gasteiger partial charge in [0.2, 0.25) is 10.0 Å². The van der Waals surface area contributed by atoms with Crippen molar-refractivity contribution in [2.24, 2.45) is 5.14 Å². The molecule has 0 saturated heterocycles. The number of alkyl halides is 3. The van der Waals surface area contributed by atoms with Gasteiger partial charge in [-0.25, -0.2) is 13.6 Å². The Morgan fingerprint density at radius 3 is 1.97 bits per heavy atom. The van der Waals surface area contributed by atoms with Crippen molar-refractivity contribution >= 4 is 21.4 Å². The second-order valence-corrected chi connectivity index (χ2v) is 11.7. The van der Waals surface area contributed by atoms with Gasteiger partial charge in [-0.15, -0.1) is 11.3 Å². The number of nitrogens with one attached hydrogen (secondary N) is 1. The maximum absolute atomic E-state index is 12.7. The van der Waals surface area contributed by atoms with E-state index >= 15 is 0 Å². The molecule has 0 atom stereocenters. The molecular formula is C25H37F3N2O2S2. The second-order valence-electron chi connectivity index (χ2n) is 8.80. The van der Waals surface area contributed by atoms with Gasteiger partial charge in [-0.1, -0.05) is 76.8 Å². The summed E-state index contributed by atoms with van der Waals surface area (Å²) >= 11 is 1.16. The van der Waals surface area contributed by atoms with Gasteiger partial charge in [-0.2, -0.15) is 13.2 Å². The van der Waals surface area contributed by atoms with E-state index in [4.69, 9.17) is 5.14 Å². The lowest BCUT2D eigenvalue weighted by Gasteiger charge is -2.08. The highest BCUT2D eigenvalue weighted by Gasteiger charge is 2.29. The molecule has 0 aliphatic rings. The van der Waals surface area contributed by atoms with Gasteiger partial charge < -0.3 is 5.32 Å². The second kappa shape index (κ2) is 14.2. The zero-order chi connectivity index (χ0) is 25.0. The molecule has 0 saturated carbocycles. The lowest BCUT2D eigenvalue weighted by Crippen LogP contribution is -2.12. The molecule has 192 valence electrons. The van der Waals surface area contributed by atoms with Crippen LogP contribution in [0.2, 0.25) is 0 Å². The Kier molecular flexibility index (Phi) is 12.0. The summed E-state index contributed by atoms with van der Waals surface area (Å²) in [5, 5.41) is 8.60. The third-order valence-electron chi connectivity index (χ3n) is 5.79. The smallest absolute Gasteiger partial charge is 0.308 e. The predicted octanol–water partition coefficient (Wildman–Crippen LogP) is 7.17. The molecule has 1 heterocycles. The molecule has 0 spiro atoms. The monoisotopic (exact) mass is 518 g/mol. The fourth-order valence-corrected chi connectivity index (χ4v) is 6.13. The lowest BCUT2D eigenvalue weighted by molar-refractivity contribution is -0.137. The summed E-state index contributed by atoms with van der Waals surface area (Å²) in [6, 6.07) is 6.89. The predicted molar refractivity (Wildman–Crippen MR) is 133 cm³/mol. The van der Waals surface area contributed by atoms with Gasteiger partial charge in [-0.3, -0.25) is 0 Å². The summed E-state index contributed by atoms with van der Waals surface area (Å²) in [6.45, 7) is 3.03. The van der Waals surface area contributed by atoms with Gasteiger partial charge in [0.15, 0.2) is 0 Å². The van der Waals surface area contributed by atoms with E-state index in [-0.39, 0.29) is 4.21 Å². The number of nitrogens with two attached hydrogens (primary N) is 1. The van der Waals surface area contributed by atoms with Crippen LogP contribution in [0.3, 0.4) is 0 Å². The van der Waals surface area contributed by atoms with Crippen molar-refractivity contribution < 1.29 is 21.6 Å². The Bertz CT molecular complexity index is 956. The van der Waals surface area contributed by atoms with E-state index in [1.165, 1.54) is 57.1 Å². The summed E-state index contributed by atoms with van der Waals surface area (Å²) < 4.78 is 62.3.